The summed E-state index contributed by atoms with van der Waals surface area (Å²) in [6.45, 7) is 15.7. The van der Waals surface area contributed by atoms with Crippen molar-refractivity contribution in [1.29, 1.82) is 0 Å². The van der Waals surface area contributed by atoms with Crippen molar-refractivity contribution < 1.29 is 28.6 Å². The Bertz CT molecular complexity index is 1250. The van der Waals surface area contributed by atoms with Crippen molar-refractivity contribution in [1.82, 2.24) is 0 Å². The van der Waals surface area contributed by atoms with Gasteiger partial charge in [0.15, 0.2) is 0 Å². The summed E-state index contributed by atoms with van der Waals surface area (Å²) in [7, 11) is 0. The van der Waals surface area contributed by atoms with E-state index in [-0.39, 0.29) is 39.8 Å². The van der Waals surface area contributed by atoms with Crippen LogP contribution in [0.5, 0.6) is 0 Å². The van der Waals surface area contributed by atoms with E-state index in [1.54, 1.807) is 6.07 Å². The summed E-state index contributed by atoms with van der Waals surface area (Å²) in [5.74, 6) is -0.390. The van der Waals surface area contributed by atoms with Crippen LogP contribution in [0.15, 0.2) is 36.4 Å². The third kappa shape index (κ3) is 5.01. The molecule has 4 fully saturated rings. The van der Waals surface area contributed by atoms with Gasteiger partial charge in [0.05, 0.1) is 5.56 Å². The normalized spacial score (nSPS) is 34.5. The van der Waals surface area contributed by atoms with E-state index in [1.165, 1.54) is 18.9 Å². The number of unbranched alkanes of at least 4 members (excludes halogenated alkanes) is 1. The SMILES string of the molecule is CCCCC(OC(=O)/C=C/C(=O)O[C@@H]1C[C@@H]2CC[C@@]1(C)C2(C)C)c1ccccc1C(=O)O[C@@H]1C[C@@H]2CC[C@@]1(C)C2(C)C. The average molecular weight is 579 g/mol. The second kappa shape index (κ2) is 11.1. The van der Waals surface area contributed by atoms with Crippen LogP contribution in [-0.4, -0.2) is 30.1 Å². The van der Waals surface area contributed by atoms with Crippen molar-refractivity contribution >= 4 is 17.9 Å². The Balaban J connectivity index is 1.25. The van der Waals surface area contributed by atoms with E-state index in [1.807, 2.05) is 18.2 Å². The highest BCUT2D eigenvalue weighted by atomic mass is 16.6. The van der Waals surface area contributed by atoms with Gasteiger partial charge in [0.2, 0.25) is 0 Å². The molecule has 6 nitrogen and oxygen atoms in total. The molecule has 0 aromatic heterocycles. The molecule has 42 heavy (non-hydrogen) atoms. The summed E-state index contributed by atoms with van der Waals surface area (Å²) in [5, 5.41) is 0. The fourth-order valence-electron chi connectivity index (χ4n) is 8.94. The van der Waals surface area contributed by atoms with Gasteiger partial charge in [-0.15, -0.1) is 0 Å². The Labute approximate surface area is 251 Å². The average Bonchev–Trinajstić information content (AvgIpc) is 3.46. The molecule has 0 radical (unpaired) electrons. The predicted octanol–water partition coefficient (Wildman–Crippen LogP) is 8.15. The zero-order valence-electron chi connectivity index (χ0n) is 26.7. The Kier molecular flexibility index (Phi) is 8.17. The van der Waals surface area contributed by atoms with Crippen molar-refractivity contribution in [2.45, 2.75) is 125 Å². The Morgan fingerprint density at radius 1 is 0.833 bits per heavy atom. The summed E-state index contributed by atoms with van der Waals surface area (Å²) < 4.78 is 17.9. The van der Waals surface area contributed by atoms with Crippen LogP contribution in [0.3, 0.4) is 0 Å². The third-order valence-corrected chi connectivity index (χ3v) is 12.9. The maximum atomic E-state index is 13.6. The third-order valence-electron chi connectivity index (χ3n) is 12.9. The van der Waals surface area contributed by atoms with Crippen molar-refractivity contribution in [3.8, 4) is 0 Å². The molecule has 4 bridgehead atoms. The summed E-state index contributed by atoms with van der Waals surface area (Å²) in [6.07, 6.45) is 9.98. The molecule has 0 saturated heterocycles. The van der Waals surface area contributed by atoms with E-state index >= 15 is 0 Å². The van der Waals surface area contributed by atoms with Crippen LogP contribution in [0, 0.1) is 33.5 Å². The second-order valence-electron chi connectivity index (χ2n) is 15.0. The number of esters is 3. The molecular formula is C36H50O6. The van der Waals surface area contributed by atoms with Gasteiger partial charge in [-0.3, -0.25) is 0 Å². The number of hydrogen-bond donors (Lipinski definition) is 0. The molecule has 1 aromatic carbocycles. The largest absolute Gasteiger partial charge is 0.459 e. The fourth-order valence-corrected chi connectivity index (χ4v) is 8.94. The second-order valence-corrected chi connectivity index (χ2v) is 15.0. The molecule has 4 saturated carbocycles. The quantitative estimate of drug-likeness (QED) is 0.158. The minimum atomic E-state index is -0.627. The number of rotatable bonds is 10. The molecule has 0 aliphatic heterocycles. The molecule has 4 aliphatic rings. The van der Waals surface area contributed by atoms with Gasteiger partial charge in [0.1, 0.15) is 18.3 Å². The van der Waals surface area contributed by atoms with Crippen molar-refractivity contribution in [3.63, 3.8) is 0 Å². The van der Waals surface area contributed by atoms with E-state index < -0.39 is 18.0 Å². The highest BCUT2D eigenvalue weighted by Gasteiger charge is 2.64. The zero-order chi connectivity index (χ0) is 30.5. The molecule has 5 rings (SSSR count). The fraction of sp³-hybridized carbons (Fsp3) is 0.694. The minimum Gasteiger partial charge on any atom is -0.459 e. The van der Waals surface area contributed by atoms with Gasteiger partial charge in [0, 0.05) is 28.5 Å². The number of carbonyl (C=O) groups is 3. The molecule has 0 amide bonds. The monoisotopic (exact) mass is 578 g/mol. The topological polar surface area (TPSA) is 78.9 Å². The Morgan fingerprint density at radius 2 is 1.38 bits per heavy atom. The summed E-state index contributed by atoms with van der Waals surface area (Å²) in [6, 6.07) is 7.27. The lowest BCUT2D eigenvalue weighted by molar-refractivity contribution is -0.151. The first kappa shape index (κ1) is 30.8. The first-order valence-corrected chi connectivity index (χ1v) is 16.1. The van der Waals surface area contributed by atoms with E-state index in [2.05, 4.69) is 48.5 Å². The number of carbonyl (C=O) groups excluding carboxylic acids is 3. The molecule has 1 unspecified atom stereocenters. The molecule has 7 atom stereocenters. The van der Waals surface area contributed by atoms with Gasteiger partial charge in [0.25, 0.3) is 0 Å². The standard InChI is InChI=1S/C36H50O6/c1-8-9-14-27(40-30(37)15-16-31(38)41-28-21-23-17-19-35(28,6)33(23,2)3)25-12-10-11-13-26(25)32(39)42-29-22-24-18-20-36(29,7)34(24,4)5/h10-13,15-16,23-24,27-29H,8-9,14,17-22H2,1-7H3/b16-15+/t23-,24-,27?,28+,29+,35+,36+/m0/s1. The lowest BCUT2D eigenvalue weighted by Gasteiger charge is -2.38. The first-order valence-electron chi connectivity index (χ1n) is 16.1. The van der Waals surface area contributed by atoms with E-state index in [0.29, 0.717) is 29.4 Å². The first-order chi connectivity index (χ1) is 19.7. The molecule has 0 N–H and O–H groups in total. The van der Waals surface area contributed by atoms with E-state index in [9.17, 15) is 14.4 Å². The van der Waals surface area contributed by atoms with Crippen molar-refractivity contribution in [3.05, 3.63) is 47.5 Å². The molecule has 0 spiro atoms. The number of fused-ring (bicyclic) bond motifs is 4. The van der Waals surface area contributed by atoms with Gasteiger partial charge in [-0.05, 0) is 80.1 Å². The van der Waals surface area contributed by atoms with Crippen LogP contribution in [0.25, 0.3) is 0 Å². The van der Waals surface area contributed by atoms with Crippen LogP contribution in [0.1, 0.15) is 128 Å². The maximum Gasteiger partial charge on any atom is 0.338 e. The molecular weight excluding hydrogens is 528 g/mol. The van der Waals surface area contributed by atoms with E-state index in [0.717, 1.165) is 44.6 Å². The molecule has 230 valence electrons. The smallest absolute Gasteiger partial charge is 0.338 e. The van der Waals surface area contributed by atoms with Gasteiger partial charge in [-0.1, -0.05) is 73.1 Å². The minimum absolute atomic E-state index is 0.0407. The zero-order valence-corrected chi connectivity index (χ0v) is 26.7. The van der Waals surface area contributed by atoms with Crippen LogP contribution < -0.4 is 0 Å². The highest BCUT2D eigenvalue weighted by Crippen LogP contribution is 2.67. The Morgan fingerprint density at radius 3 is 1.90 bits per heavy atom. The highest BCUT2D eigenvalue weighted by molar-refractivity contribution is 5.93. The number of hydrogen-bond acceptors (Lipinski definition) is 6. The lowest BCUT2D eigenvalue weighted by Crippen LogP contribution is -2.38. The van der Waals surface area contributed by atoms with Crippen LogP contribution in [0.2, 0.25) is 0 Å². The molecule has 4 aliphatic carbocycles. The number of benzene rings is 1. The van der Waals surface area contributed by atoms with Crippen molar-refractivity contribution in [2.24, 2.45) is 33.5 Å². The van der Waals surface area contributed by atoms with Gasteiger partial charge in [-0.2, -0.15) is 0 Å². The molecule has 1 aromatic rings. The van der Waals surface area contributed by atoms with Gasteiger partial charge in [-0.25, -0.2) is 14.4 Å². The summed E-state index contributed by atoms with van der Waals surface area (Å²) in [4.78, 5) is 39.3. The van der Waals surface area contributed by atoms with Crippen LogP contribution >= 0.6 is 0 Å². The van der Waals surface area contributed by atoms with Crippen LogP contribution in [-0.2, 0) is 23.8 Å². The van der Waals surface area contributed by atoms with Crippen LogP contribution in [0.4, 0.5) is 0 Å². The predicted molar refractivity (Wildman–Crippen MR) is 161 cm³/mol. The maximum absolute atomic E-state index is 13.6. The molecule has 6 heteroatoms. The Hall–Kier alpha value is -2.63. The van der Waals surface area contributed by atoms with Crippen molar-refractivity contribution in [2.75, 3.05) is 0 Å². The summed E-state index contributed by atoms with van der Waals surface area (Å²) >= 11 is 0. The summed E-state index contributed by atoms with van der Waals surface area (Å²) in [5.41, 5.74) is 1.26. The van der Waals surface area contributed by atoms with E-state index in [4.69, 9.17) is 14.2 Å². The van der Waals surface area contributed by atoms with Gasteiger partial charge >= 0.3 is 17.9 Å². The molecule has 0 heterocycles. The van der Waals surface area contributed by atoms with Gasteiger partial charge < -0.3 is 14.2 Å². The number of ether oxygens (including phenoxy) is 3. The lowest BCUT2D eigenvalue weighted by atomic mass is 9.70.